The molecule has 0 saturated carbocycles. The first-order chi connectivity index (χ1) is 11.1. The number of allylic oxidation sites excluding steroid dienone is 2. The molecular formula is C18H29O4P. The monoisotopic (exact) mass is 340 g/mol. The first-order valence-corrected chi connectivity index (χ1v) is 9.92. The fourth-order valence-electron chi connectivity index (χ4n) is 2.33. The van der Waals surface area contributed by atoms with Crippen molar-refractivity contribution in [2.45, 2.75) is 53.4 Å². The van der Waals surface area contributed by atoms with Crippen molar-refractivity contribution in [3.63, 3.8) is 0 Å². The Morgan fingerprint density at radius 1 is 1.00 bits per heavy atom. The Morgan fingerprint density at radius 2 is 1.61 bits per heavy atom. The van der Waals surface area contributed by atoms with Gasteiger partial charge < -0.3 is 4.52 Å². The largest absolute Gasteiger partial charge is 0.529 e. The molecule has 1 aromatic carbocycles. The Hall–Kier alpha value is -1.09. The van der Waals surface area contributed by atoms with Gasteiger partial charge in [0.2, 0.25) is 0 Å². The Kier molecular flexibility index (Phi) is 9.23. The van der Waals surface area contributed by atoms with Crippen LogP contribution in [0.1, 0.15) is 58.9 Å². The molecule has 0 aromatic heterocycles. The Balaban J connectivity index is 3.19. The number of benzene rings is 1. The normalized spacial score (nSPS) is 12.9. The maximum atomic E-state index is 12.7. The first-order valence-electron chi connectivity index (χ1n) is 8.46. The van der Waals surface area contributed by atoms with Crippen molar-refractivity contribution in [1.29, 1.82) is 0 Å². The van der Waals surface area contributed by atoms with Crippen LogP contribution in [-0.2, 0) is 18.1 Å². The summed E-state index contributed by atoms with van der Waals surface area (Å²) < 4.78 is 29.1. The molecule has 0 unspecified atom stereocenters. The summed E-state index contributed by atoms with van der Waals surface area (Å²) in [6.45, 7) is 8.32. The summed E-state index contributed by atoms with van der Waals surface area (Å²) >= 11 is 0. The van der Waals surface area contributed by atoms with E-state index in [1.807, 2.05) is 30.3 Å². The lowest BCUT2D eigenvalue weighted by atomic mass is 10.00. The van der Waals surface area contributed by atoms with Gasteiger partial charge >= 0.3 is 7.82 Å². The van der Waals surface area contributed by atoms with Gasteiger partial charge in [-0.3, -0.25) is 9.05 Å². The van der Waals surface area contributed by atoms with Gasteiger partial charge in [-0.25, -0.2) is 4.57 Å². The van der Waals surface area contributed by atoms with Crippen molar-refractivity contribution in [3.05, 3.63) is 41.7 Å². The number of phosphoric acid groups is 1. The van der Waals surface area contributed by atoms with E-state index in [-0.39, 0.29) is 13.2 Å². The van der Waals surface area contributed by atoms with Gasteiger partial charge in [-0.2, -0.15) is 0 Å². The van der Waals surface area contributed by atoms with Crippen molar-refractivity contribution in [2.75, 3.05) is 13.2 Å². The molecule has 5 heteroatoms. The molecule has 0 fully saturated rings. The lowest BCUT2D eigenvalue weighted by molar-refractivity contribution is 0.143. The van der Waals surface area contributed by atoms with Crippen molar-refractivity contribution in [3.8, 4) is 0 Å². The van der Waals surface area contributed by atoms with Crippen LogP contribution in [0.4, 0.5) is 0 Å². The van der Waals surface area contributed by atoms with E-state index in [1.54, 1.807) is 13.8 Å². The van der Waals surface area contributed by atoms with Crippen LogP contribution in [-0.4, -0.2) is 13.2 Å². The summed E-state index contributed by atoms with van der Waals surface area (Å²) in [6, 6.07) is 10.1. The second-order valence-electron chi connectivity index (χ2n) is 5.10. The van der Waals surface area contributed by atoms with Gasteiger partial charge in [-0.1, -0.05) is 50.6 Å². The number of hydrogen-bond acceptors (Lipinski definition) is 4. The summed E-state index contributed by atoms with van der Waals surface area (Å²) in [5.41, 5.74) is 2.14. The molecule has 0 aliphatic heterocycles. The zero-order chi connectivity index (χ0) is 17.1. The van der Waals surface area contributed by atoms with Crippen LogP contribution in [0.3, 0.4) is 0 Å². The minimum absolute atomic E-state index is 0.283. The third-order valence-electron chi connectivity index (χ3n) is 3.37. The second-order valence-corrected chi connectivity index (χ2v) is 6.69. The van der Waals surface area contributed by atoms with E-state index >= 15 is 0 Å². The molecule has 0 spiro atoms. The molecule has 0 N–H and O–H groups in total. The van der Waals surface area contributed by atoms with E-state index < -0.39 is 7.82 Å². The van der Waals surface area contributed by atoms with Crippen molar-refractivity contribution >= 4 is 13.4 Å². The number of phosphoric ester groups is 1. The van der Waals surface area contributed by atoms with Crippen molar-refractivity contribution in [1.82, 2.24) is 0 Å². The fourth-order valence-corrected chi connectivity index (χ4v) is 3.62. The van der Waals surface area contributed by atoms with Crippen LogP contribution in [0, 0.1) is 0 Å². The Labute approximate surface area is 140 Å². The quantitative estimate of drug-likeness (QED) is 0.355. The Bertz CT molecular complexity index is 515. The molecule has 0 aliphatic rings. The summed E-state index contributed by atoms with van der Waals surface area (Å²) in [6.07, 6.45) is 3.51. The standard InChI is InChI=1S/C18H29O4P/c1-5-9-15-18(22-23(19,20-7-3)21-8-4)17(6-2)16-13-11-10-12-14-16/h10-14H,5-9,15H2,1-4H3/b18-17-. The highest BCUT2D eigenvalue weighted by atomic mass is 31.2. The second kappa shape index (κ2) is 10.6. The fraction of sp³-hybridized carbons (Fsp3) is 0.556. The lowest BCUT2D eigenvalue weighted by Crippen LogP contribution is -2.03. The van der Waals surface area contributed by atoms with Gasteiger partial charge in [0.1, 0.15) is 5.76 Å². The average molecular weight is 340 g/mol. The molecule has 0 radical (unpaired) electrons. The maximum Gasteiger partial charge on any atom is 0.529 e. The SMILES string of the molecule is CCCC/C(OP(=O)(OCC)OCC)=C(\CC)c1ccccc1. The smallest absolute Gasteiger partial charge is 0.408 e. The van der Waals surface area contributed by atoms with Gasteiger partial charge in [0, 0.05) is 6.42 Å². The maximum absolute atomic E-state index is 12.7. The molecule has 0 amide bonds. The van der Waals surface area contributed by atoms with Crippen LogP contribution < -0.4 is 0 Å². The predicted octanol–water partition coefficient (Wildman–Crippen LogP) is 6.20. The summed E-state index contributed by atoms with van der Waals surface area (Å²) in [5, 5.41) is 0. The highest BCUT2D eigenvalue weighted by Crippen LogP contribution is 2.52. The van der Waals surface area contributed by atoms with Crippen LogP contribution in [0.15, 0.2) is 36.1 Å². The topological polar surface area (TPSA) is 44.8 Å². The zero-order valence-corrected chi connectivity index (χ0v) is 15.6. The van der Waals surface area contributed by atoms with Crippen LogP contribution in [0.5, 0.6) is 0 Å². The van der Waals surface area contributed by atoms with E-state index in [0.717, 1.165) is 36.8 Å². The molecule has 130 valence electrons. The minimum Gasteiger partial charge on any atom is -0.408 e. The first kappa shape index (κ1) is 20.0. The van der Waals surface area contributed by atoms with Crippen molar-refractivity contribution < 1.29 is 18.1 Å². The number of hydrogen-bond donors (Lipinski definition) is 0. The molecule has 0 aliphatic carbocycles. The Morgan fingerprint density at radius 3 is 2.09 bits per heavy atom. The van der Waals surface area contributed by atoms with E-state index in [0.29, 0.717) is 5.76 Å². The van der Waals surface area contributed by atoms with Crippen LogP contribution in [0.25, 0.3) is 5.57 Å². The number of unbranched alkanes of at least 4 members (excludes halogenated alkanes) is 1. The molecule has 1 rings (SSSR count). The molecule has 0 saturated heterocycles. The van der Waals surface area contributed by atoms with Gasteiger partial charge in [0.25, 0.3) is 0 Å². The van der Waals surface area contributed by atoms with E-state index in [4.69, 9.17) is 13.6 Å². The molecular weight excluding hydrogens is 311 g/mol. The van der Waals surface area contributed by atoms with Crippen molar-refractivity contribution in [2.24, 2.45) is 0 Å². The molecule has 0 bridgehead atoms. The minimum atomic E-state index is -3.56. The molecule has 4 nitrogen and oxygen atoms in total. The lowest BCUT2D eigenvalue weighted by Gasteiger charge is -2.21. The predicted molar refractivity (Wildman–Crippen MR) is 95.1 cm³/mol. The summed E-state index contributed by atoms with van der Waals surface area (Å²) in [4.78, 5) is 0. The third-order valence-corrected chi connectivity index (χ3v) is 4.96. The van der Waals surface area contributed by atoms with Crippen LogP contribution in [0.2, 0.25) is 0 Å². The highest BCUT2D eigenvalue weighted by molar-refractivity contribution is 7.48. The van der Waals surface area contributed by atoms with E-state index in [9.17, 15) is 4.57 Å². The summed E-state index contributed by atoms with van der Waals surface area (Å²) in [7, 11) is -3.56. The van der Waals surface area contributed by atoms with E-state index in [2.05, 4.69) is 13.8 Å². The van der Waals surface area contributed by atoms with Gasteiger partial charge in [0.15, 0.2) is 0 Å². The van der Waals surface area contributed by atoms with Crippen LogP contribution >= 0.6 is 7.82 Å². The van der Waals surface area contributed by atoms with Gasteiger partial charge in [-0.15, -0.1) is 0 Å². The molecule has 0 heterocycles. The third kappa shape index (κ3) is 6.50. The average Bonchev–Trinajstić information content (AvgIpc) is 2.54. The zero-order valence-electron chi connectivity index (χ0n) is 14.7. The van der Waals surface area contributed by atoms with Gasteiger partial charge in [0.05, 0.1) is 13.2 Å². The molecule has 1 aromatic rings. The molecule has 23 heavy (non-hydrogen) atoms. The highest BCUT2D eigenvalue weighted by Gasteiger charge is 2.29. The molecule has 0 atom stereocenters. The van der Waals surface area contributed by atoms with E-state index in [1.165, 1.54) is 0 Å². The van der Waals surface area contributed by atoms with Gasteiger partial charge in [-0.05, 0) is 37.8 Å². The summed E-state index contributed by atoms with van der Waals surface area (Å²) in [5.74, 6) is 0.714. The number of rotatable bonds is 11.